The van der Waals surface area contributed by atoms with E-state index in [0.717, 1.165) is 31.2 Å². The summed E-state index contributed by atoms with van der Waals surface area (Å²) in [4.78, 5) is 7.12. The van der Waals surface area contributed by atoms with Gasteiger partial charge >= 0.3 is 0 Å². The third kappa shape index (κ3) is 4.20. The third-order valence-electron chi connectivity index (χ3n) is 4.15. The van der Waals surface area contributed by atoms with Crippen molar-refractivity contribution in [3.05, 3.63) is 23.4 Å². The topological polar surface area (TPSA) is 28.2 Å². The molecule has 0 aromatic carbocycles. The highest BCUT2D eigenvalue weighted by Crippen LogP contribution is 2.28. The van der Waals surface area contributed by atoms with E-state index in [1.165, 1.54) is 30.5 Å². The van der Waals surface area contributed by atoms with Crippen molar-refractivity contribution in [1.29, 1.82) is 0 Å². The van der Waals surface area contributed by atoms with Gasteiger partial charge in [-0.15, -0.1) is 0 Å². The monoisotopic (exact) mass is 275 g/mol. The Balaban J connectivity index is 2.07. The predicted octanol–water partition coefficient (Wildman–Crippen LogP) is 3.38. The highest BCUT2D eigenvalue weighted by atomic mass is 15.2. The van der Waals surface area contributed by atoms with Gasteiger partial charge in [0.25, 0.3) is 0 Å². The molecule has 3 nitrogen and oxygen atoms in total. The first-order valence-electron chi connectivity index (χ1n) is 8.02. The van der Waals surface area contributed by atoms with Crippen molar-refractivity contribution in [2.24, 2.45) is 5.92 Å². The lowest BCUT2D eigenvalue weighted by Crippen LogP contribution is -2.30. The second-order valence-corrected chi connectivity index (χ2v) is 6.39. The lowest BCUT2D eigenvalue weighted by atomic mass is 9.85. The molecule has 2 rings (SSSR count). The number of aromatic nitrogens is 1. The number of nitrogens with zero attached hydrogens (tertiary/aromatic N) is 2. The van der Waals surface area contributed by atoms with Crippen molar-refractivity contribution in [1.82, 2.24) is 10.3 Å². The van der Waals surface area contributed by atoms with Gasteiger partial charge in [0.05, 0.1) is 0 Å². The molecule has 1 saturated carbocycles. The molecule has 0 bridgehead atoms. The number of rotatable bonds is 7. The molecule has 1 fully saturated rings. The fourth-order valence-electron chi connectivity index (χ4n) is 2.59. The first kappa shape index (κ1) is 15.3. The highest BCUT2D eigenvalue weighted by Gasteiger charge is 2.20. The SMILES string of the molecule is CCc1cc(CNC(C)C)cc(N(C)CC2CCC2)n1. The van der Waals surface area contributed by atoms with E-state index in [1.54, 1.807) is 0 Å². The Kier molecular flexibility index (Phi) is 5.41. The van der Waals surface area contributed by atoms with Crippen LogP contribution in [0.25, 0.3) is 0 Å². The molecule has 0 amide bonds. The van der Waals surface area contributed by atoms with E-state index < -0.39 is 0 Å². The van der Waals surface area contributed by atoms with Crippen LogP contribution in [0.5, 0.6) is 0 Å². The number of anilines is 1. The van der Waals surface area contributed by atoms with Crippen LogP contribution in [0, 0.1) is 5.92 Å². The molecule has 0 aliphatic heterocycles. The van der Waals surface area contributed by atoms with Crippen LogP contribution in [0.15, 0.2) is 12.1 Å². The number of nitrogens with one attached hydrogen (secondary N) is 1. The average molecular weight is 275 g/mol. The molecule has 0 spiro atoms. The summed E-state index contributed by atoms with van der Waals surface area (Å²) in [5.41, 5.74) is 2.55. The van der Waals surface area contributed by atoms with Crippen molar-refractivity contribution in [2.45, 2.75) is 59.0 Å². The van der Waals surface area contributed by atoms with Crippen LogP contribution in [-0.2, 0) is 13.0 Å². The maximum Gasteiger partial charge on any atom is 0.128 e. The summed E-state index contributed by atoms with van der Waals surface area (Å²) in [6.07, 6.45) is 5.18. The molecule has 1 heterocycles. The van der Waals surface area contributed by atoms with Gasteiger partial charge < -0.3 is 10.2 Å². The zero-order valence-electron chi connectivity index (χ0n) is 13.4. The predicted molar refractivity (Wildman–Crippen MR) is 86.2 cm³/mol. The lowest BCUT2D eigenvalue weighted by molar-refractivity contribution is 0.321. The fourth-order valence-corrected chi connectivity index (χ4v) is 2.59. The molecular weight excluding hydrogens is 246 g/mol. The number of pyridine rings is 1. The molecule has 20 heavy (non-hydrogen) atoms. The highest BCUT2D eigenvalue weighted by molar-refractivity contribution is 5.42. The summed E-state index contributed by atoms with van der Waals surface area (Å²) < 4.78 is 0. The van der Waals surface area contributed by atoms with Crippen molar-refractivity contribution < 1.29 is 0 Å². The first-order chi connectivity index (χ1) is 9.58. The van der Waals surface area contributed by atoms with Crippen LogP contribution < -0.4 is 10.2 Å². The van der Waals surface area contributed by atoms with Gasteiger partial charge in [-0.3, -0.25) is 0 Å². The Morgan fingerprint density at radius 1 is 1.35 bits per heavy atom. The Hall–Kier alpha value is -1.09. The normalized spacial score (nSPS) is 15.4. The quantitative estimate of drug-likeness (QED) is 0.827. The Morgan fingerprint density at radius 3 is 2.65 bits per heavy atom. The Labute approximate surface area is 123 Å². The van der Waals surface area contributed by atoms with E-state index in [9.17, 15) is 0 Å². The van der Waals surface area contributed by atoms with Crippen molar-refractivity contribution in [3.63, 3.8) is 0 Å². The minimum atomic E-state index is 0.518. The number of hydrogen-bond acceptors (Lipinski definition) is 3. The third-order valence-corrected chi connectivity index (χ3v) is 4.15. The summed E-state index contributed by atoms with van der Waals surface area (Å²) in [5.74, 6) is 2.01. The molecule has 1 aromatic rings. The Bertz CT molecular complexity index is 424. The summed E-state index contributed by atoms with van der Waals surface area (Å²) in [6, 6.07) is 4.99. The minimum Gasteiger partial charge on any atom is -0.359 e. The van der Waals surface area contributed by atoms with Crippen LogP contribution in [0.1, 0.15) is 51.3 Å². The van der Waals surface area contributed by atoms with E-state index in [4.69, 9.17) is 4.98 Å². The van der Waals surface area contributed by atoms with E-state index in [0.29, 0.717) is 6.04 Å². The van der Waals surface area contributed by atoms with E-state index in [2.05, 4.69) is 50.2 Å². The van der Waals surface area contributed by atoms with Gasteiger partial charge in [-0.05, 0) is 42.9 Å². The van der Waals surface area contributed by atoms with E-state index in [1.807, 2.05) is 0 Å². The van der Waals surface area contributed by atoms with E-state index >= 15 is 0 Å². The molecule has 0 saturated heterocycles. The average Bonchev–Trinajstić information content (AvgIpc) is 2.39. The lowest BCUT2D eigenvalue weighted by Gasteiger charge is -2.31. The molecule has 1 aliphatic rings. The van der Waals surface area contributed by atoms with Gasteiger partial charge in [0.15, 0.2) is 0 Å². The summed E-state index contributed by atoms with van der Waals surface area (Å²) >= 11 is 0. The smallest absolute Gasteiger partial charge is 0.128 e. The molecule has 0 radical (unpaired) electrons. The molecule has 112 valence electrons. The van der Waals surface area contributed by atoms with Crippen LogP contribution in [0.2, 0.25) is 0 Å². The summed E-state index contributed by atoms with van der Waals surface area (Å²) in [5, 5.41) is 3.50. The maximum atomic E-state index is 4.79. The molecular formula is C17H29N3. The molecule has 1 N–H and O–H groups in total. The zero-order valence-corrected chi connectivity index (χ0v) is 13.4. The number of hydrogen-bond donors (Lipinski definition) is 1. The summed E-state index contributed by atoms with van der Waals surface area (Å²) in [6.45, 7) is 8.63. The standard InChI is InChI=1S/C17H29N3/c1-5-16-9-15(11-18-13(2)3)10-17(19-16)20(4)12-14-7-6-8-14/h9-10,13-14,18H,5-8,11-12H2,1-4H3. The van der Waals surface area contributed by atoms with Gasteiger partial charge in [0, 0.05) is 31.9 Å². The van der Waals surface area contributed by atoms with Crippen LogP contribution >= 0.6 is 0 Å². The van der Waals surface area contributed by atoms with Gasteiger partial charge in [-0.1, -0.05) is 27.2 Å². The zero-order chi connectivity index (χ0) is 14.5. The largest absolute Gasteiger partial charge is 0.359 e. The molecule has 0 unspecified atom stereocenters. The minimum absolute atomic E-state index is 0.518. The van der Waals surface area contributed by atoms with E-state index in [-0.39, 0.29) is 0 Å². The van der Waals surface area contributed by atoms with Gasteiger partial charge in [0.2, 0.25) is 0 Å². The number of aryl methyl sites for hydroxylation is 1. The molecule has 0 atom stereocenters. The summed E-state index contributed by atoms with van der Waals surface area (Å²) in [7, 11) is 2.18. The van der Waals surface area contributed by atoms with Crippen molar-refractivity contribution in [2.75, 3.05) is 18.5 Å². The van der Waals surface area contributed by atoms with Gasteiger partial charge in [-0.2, -0.15) is 0 Å². The van der Waals surface area contributed by atoms with Crippen molar-refractivity contribution in [3.8, 4) is 0 Å². The molecule has 3 heteroatoms. The van der Waals surface area contributed by atoms with Crippen LogP contribution in [0.3, 0.4) is 0 Å². The molecule has 1 aliphatic carbocycles. The Morgan fingerprint density at radius 2 is 2.10 bits per heavy atom. The first-order valence-corrected chi connectivity index (χ1v) is 8.02. The van der Waals surface area contributed by atoms with Gasteiger partial charge in [-0.25, -0.2) is 4.98 Å². The second kappa shape index (κ2) is 7.07. The maximum absolute atomic E-state index is 4.79. The van der Waals surface area contributed by atoms with Crippen LogP contribution in [0.4, 0.5) is 5.82 Å². The van der Waals surface area contributed by atoms with Crippen LogP contribution in [-0.4, -0.2) is 24.6 Å². The fraction of sp³-hybridized carbons (Fsp3) is 0.706. The van der Waals surface area contributed by atoms with Gasteiger partial charge in [0.1, 0.15) is 5.82 Å². The molecule has 1 aromatic heterocycles. The second-order valence-electron chi connectivity index (χ2n) is 6.39. The van der Waals surface area contributed by atoms with Crippen molar-refractivity contribution >= 4 is 5.82 Å².